The van der Waals surface area contributed by atoms with Gasteiger partial charge in [-0.3, -0.25) is 4.79 Å². The van der Waals surface area contributed by atoms with Gasteiger partial charge in [0.2, 0.25) is 5.91 Å². The highest BCUT2D eigenvalue weighted by molar-refractivity contribution is 6.34. The molecule has 88 valence electrons. The molecule has 0 radical (unpaired) electrons. The molecule has 1 aromatic heterocycles. The zero-order valence-electron chi connectivity index (χ0n) is 9.20. The summed E-state index contributed by atoms with van der Waals surface area (Å²) in [7, 11) is 0. The number of hydrogen-bond donors (Lipinski definition) is 1. The van der Waals surface area contributed by atoms with E-state index >= 15 is 0 Å². The highest BCUT2D eigenvalue weighted by atomic mass is 35.5. The number of anilines is 1. The van der Waals surface area contributed by atoms with E-state index in [1.54, 1.807) is 13.0 Å². The Hall–Kier alpha value is -1.88. The molecular formula is C11H9ClN2O3. The quantitative estimate of drug-likeness (QED) is 0.844. The Labute approximate surface area is 101 Å². The van der Waals surface area contributed by atoms with Crippen molar-refractivity contribution >= 4 is 34.1 Å². The second-order valence-corrected chi connectivity index (χ2v) is 3.96. The van der Waals surface area contributed by atoms with E-state index in [0.29, 0.717) is 11.2 Å². The van der Waals surface area contributed by atoms with Crippen LogP contribution in [0.2, 0.25) is 5.02 Å². The predicted molar refractivity (Wildman–Crippen MR) is 64.3 cm³/mol. The topological polar surface area (TPSA) is 72.2 Å². The molecule has 2 aromatic rings. The Morgan fingerprint density at radius 1 is 1.47 bits per heavy atom. The number of halogens is 1. The fourth-order valence-corrected chi connectivity index (χ4v) is 1.70. The van der Waals surface area contributed by atoms with Crippen LogP contribution in [0.3, 0.4) is 0 Å². The van der Waals surface area contributed by atoms with E-state index in [9.17, 15) is 9.59 Å². The molecule has 1 amide bonds. The number of rotatable bonds is 1. The van der Waals surface area contributed by atoms with Gasteiger partial charge in [0.25, 0.3) is 0 Å². The minimum absolute atomic E-state index is 0.245. The summed E-state index contributed by atoms with van der Waals surface area (Å²) in [5.74, 6) is 0.0181. The Morgan fingerprint density at radius 2 is 2.18 bits per heavy atom. The number of carbonyl (C=O) groups excluding carboxylic acids is 1. The van der Waals surface area contributed by atoms with Gasteiger partial charge in [0.05, 0.1) is 21.6 Å². The number of aryl methyl sites for hydroxylation is 1. The molecule has 0 atom stereocenters. The molecule has 0 aliphatic rings. The van der Waals surface area contributed by atoms with E-state index in [2.05, 4.69) is 10.3 Å². The SMILES string of the molecule is CC(=O)Nc1cc2nc(C)oc(=O)c2cc1Cl. The van der Waals surface area contributed by atoms with E-state index in [-0.39, 0.29) is 22.2 Å². The largest absolute Gasteiger partial charge is 0.408 e. The number of benzene rings is 1. The lowest BCUT2D eigenvalue weighted by molar-refractivity contribution is -0.114. The van der Waals surface area contributed by atoms with Crippen LogP contribution < -0.4 is 10.9 Å². The van der Waals surface area contributed by atoms with Crippen molar-refractivity contribution in [3.63, 3.8) is 0 Å². The zero-order chi connectivity index (χ0) is 12.6. The first kappa shape index (κ1) is 11.6. The summed E-state index contributed by atoms with van der Waals surface area (Å²) in [5.41, 5.74) is 0.361. The molecule has 2 rings (SSSR count). The molecule has 17 heavy (non-hydrogen) atoms. The molecule has 1 N–H and O–H groups in total. The van der Waals surface area contributed by atoms with E-state index < -0.39 is 5.63 Å². The first-order valence-corrected chi connectivity index (χ1v) is 5.24. The Kier molecular flexibility index (Phi) is 2.85. The fraction of sp³-hybridized carbons (Fsp3) is 0.182. The maximum atomic E-state index is 11.5. The summed E-state index contributed by atoms with van der Waals surface area (Å²) in [6.45, 7) is 2.95. The van der Waals surface area contributed by atoms with Gasteiger partial charge in [-0.2, -0.15) is 0 Å². The van der Waals surface area contributed by atoms with Gasteiger partial charge in [-0.15, -0.1) is 0 Å². The van der Waals surface area contributed by atoms with Gasteiger partial charge in [0.15, 0.2) is 5.89 Å². The summed E-state index contributed by atoms with van der Waals surface area (Å²) >= 11 is 5.94. The lowest BCUT2D eigenvalue weighted by Crippen LogP contribution is -2.08. The van der Waals surface area contributed by atoms with Gasteiger partial charge in [-0.1, -0.05) is 11.6 Å². The first-order chi connectivity index (χ1) is 7.97. The highest BCUT2D eigenvalue weighted by Crippen LogP contribution is 2.25. The van der Waals surface area contributed by atoms with Crippen LogP contribution in [0.1, 0.15) is 12.8 Å². The van der Waals surface area contributed by atoms with Crippen molar-refractivity contribution in [1.82, 2.24) is 4.98 Å². The van der Waals surface area contributed by atoms with Crippen molar-refractivity contribution in [3.8, 4) is 0 Å². The second-order valence-electron chi connectivity index (χ2n) is 3.55. The summed E-state index contributed by atoms with van der Waals surface area (Å²) in [6, 6.07) is 2.98. The number of nitrogens with one attached hydrogen (secondary N) is 1. The van der Waals surface area contributed by atoms with Gasteiger partial charge in [-0.05, 0) is 12.1 Å². The van der Waals surface area contributed by atoms with E-state index in [1.807, 2.05) is 0 Å². The maximum absolute atomic E-state index is 11.5. The van der Waals surface area contributed by atoms with Gasteiger partial charge < -0.3 is 9.73 Å². The molecule has 1 aromatic carbocycles. The van der Waals surface area contributed by atoms with Crippen LogP contribution in [0.15, 0.2) is 21.3 Å². The molecular weight excluding hydrogens is 244 g/mol. The summed E-state index contributed by atoms with van der Waals surface area (Å²) in [4.78, 5) is 26.6. The third-order valence-corrected chi connectivity index (χ3v) is 2.45. The number of fused-ring (bicyclic) bond motifs is 1. The molecule has 6 heteroatoms. The molecule has 5 nitrogen and oxygen atoms in total. The van der Waals surface area contributed by atoms with Crippen molar-refractivity contribution in [2.24, 2.45) is 0 Å². The number of nitrogens with zero attached hydrogens (tertiary/aromatic N) is 1. The van der Waals surface area contributed by atoms with Crippen LogP contribution in [0.4, 0.5) is 5.69 Å². The van der Waals surface area contributed by atoms with Gasteiger partial charge >= 0.3 is 5.63 Å². The lowest BCUT2D eigenvalue weighted by Gasteiger charge is -2.06. The minimum atomic E-state index is -0.497. The second kappa shape index (κ2) is 4.18. The van der Waals surface area contributed by atoms with Gasteiger partial charge in [0.1, 0.15) is 0 Å². The predicted octanol–water partition coefficient (Wildman–Crippen LogP) is 2.11. The average Bonchev–Trinajstić information content (AvgIpc) is 2.20. The Balaban J connectivity index is 2.71. The third-order valence-electron chi connectivity index (χ3n) is 2.13. The molecule has 0 aliphatic heterocycles. The molecule has 0 fully saturated rings. The molecule has 0 aliphatic carbocycles. The van der Waals surface area contributed by atoms with Crippen LogP contribution in [0.5, 0.6) is 0 Å². The summed E-state index contributed by atoms with van der Waals surface area (Å²) in [5, 5.41) is 3.12. The Morgan fingerprint density at radius 3 is 2.82 bits per heavy atom. The molecule has 0 bridgehead atoms. The van der Waals surface area contributed by atoms with Crippen molar-refractivity contribution in [2.45, 2.75) is 13.8 Å². The fourth-order valence-electron chi connectivity index (χ4n) is 1.48. The van der Waals surface area contributed by atoms with Crippen molar-refractivity contribution in [2.75, 3.05) is 5.32 Å². The van der Waals surface area contributed by atoms with E-state index in [4.69, 9.17) is 16.0 Å². The van der Waals surface area contributed by atoms with Crippen LogP contribution in [0.25, 0.3) is 10.9 Å². The van der Waals surface area contributed by atoms with Crippen LogP contribution >= 0.6 is 11.6 Å². The monoisotopic (exact) mass is 252 g/mol. The van der Waals surface area contributed by atoms with E-state index in [0.717, 1.165) is 0 Å². The highest BCUT2D eigenvalue weighted by Gasteiger charge is 2.09. The van der Waals surface area contributed by atoms with E-state index in [1.165, 1.54) is 13.0 Å². The number of amides is 1. The lowest BCUT2D eigenvalue weighted by atomic mass is 10.2. The standard InChI is InChI=1S/C11H9ClN2O3/c1-5(15)13-10-4-9-7(3-8(10)12)11(16)17-6(2)14-9/h3-4H,1-2H3,(H,13,15). The normalized spacial score (nSPS) is 10.5. The smallest absolute Gasteiger partial charge is 0.346 e. The van der Waals surface area contributed by atoms with Crippen molar-refractivity contribution in [3.05, 3.63) is 33.5 Å². The molecule has 1 heterocycles. The molecule has 0 spiro atoms. The van der Waals surface area contributed by atoms with Gasteiger partial charge in [-0.25, -0.2) is 9.78 Å². The third kappa shape index (κ3) is 2.29. The number of hydrogen-bond acceptors (Lipinski definition) is 4. The van der Waals surface area contributed by atoms with Crippen LogP contribution in [-0.4, -0.2) is 10.9 Å². The maximum Gasteiger partial charge on any atom is 0.346 e. The van der Waals surface area contributed by atoms with Crippen LogP contribution in [0, 0.1) is 6.92 Å². The number of aromatic nitrogens is 1. The van der Waals surface area contributed by atoms with Crippen LogP contribution in [-0.2, 0) is 4.79 Å². The summed E-state index contributed by atoms with van der Waals surface area (Å²) in [6.07, 6.45) is 0. The van der Waals surface area contributed by atoms with Crippen molar-refractivity contribution in [1.29, 1.82) is 0 Å². The molecule has 0 saturated carbocycles. The Bertz CT molecular complexity index is 664. The minimum Gasteiger partial charge on any atom is -0.408 e. The zero-order valence-corrected chi connectivity index (χ0v) is 9.96. The van der Waals surface area contributed by atoms with Crippen molar-refractivity contribution < 1.29 is 9.21 Å². The first-order valence-electron chi connectivity index (χ1n) is 4.86. The molecule has 0 unspecified atom stereocenters. The number of carbonyl (C=O) groups is 1. The van der Waals surface area contributed by atoms with Gasteiger partial charge in [0, 0.05) is 13.8 Å². The molecule has 0 saturated heterocycles. The summed E-state index contributed by atoms with van der Waals surface area (Å²) < 4.78 is 4.85. The average molecular weight is 253 g/mol.